The molecule has 2 amide bonds. The lowest BCUT2D eigenvalue weighted by Crippen LogP contribution is -2.50. The Labute approximate surface area is 153 Å². The van der Waals surface area contributed by atoms with Crippen LogP contribution in [0.2, 0.25) is 0 Å². The number of allylic oxidation sites excluding steroid dienone is 2. The Hall–Kier alpha value is -2.21. The molecule has 134 valence electrons. The number of rotatable bonds is 5. The van der Waals surface area contributed by atoms with Crippen LogP contribution in [0.1, 0.15) is 12.5 Å². The standard InChI is InChI=1S/C19H24N2O3S/c1-3-24-19(23)21-14-12-20(13-15-21)18(22)7-5-4-6-16-8-10-17(25-2)11-9-16/h4-11H,3,12-15H2,1-2H3/b6-4+,7-5+. The van der Waals surface area contributed by atoms with Crippen molar-refractivity contribution in [3.8, 4) is 0 Å². The quantitative estimate of drug-likeness (QED) is 0.459. The highest BCUT2D eigenvalue weighted by molar-refractivity contribution is 7.98. The number of hydrogen-bond donors (Lipinski definition) is 0. The van der Waals surface area contributed by atoms with Crippen molar-refractivity contribution in [3.05, 3.63) is 48.1 Å². The highest BCUT2D eigenvalue weighted by Gasteiger charge is 2.23. The zero-order valence-electron chi connectivity index (χ0n) is 14.7. The SMILES string of the molecule is CCOC(=O)N1CCN(C(=O)/C=C/C=C/c2ccc(SC)cc2)CC1. The lowest BCUT2D eigenvalue weighted by atomic mass is 10.2. The summed E-state index contributed by atoms with van der Waals surface area (Å²) in [6, 6.07) is 8.24. The van der Waals surface area contributed by atoms with Crippen molar-refractivity contribution in [2.75, 3.05) is 39.0 Å². The number of nitrogens with zero attached hydrogens (tertiary/aromatic N) is 2. The van der Waals surface area contributed by atoms with E-state index in [1.54, 1.807) is 40.6 Å². The number of benzene rings is 1. The number of carbonyl (C=O) groups is 2. The van der Waals surface area contributed by atoms with Crippen LogP contribution in [0.5, 0.6) is 0 Å². The Morgan fingerprint density at radius 2 is 1.72 bits per heavy atom. The van der Waals surface area contributed by atoms with Gasteiger partial charge in [0.05, 0.1) is 6.61 Å². The van der Waals surface area contributed by atoms with Gasteiger partial charge in [0, 0.05) is 37.2 Å². The molecule has 25 heavy (non-hydrogen) atoms. The Kier molecular flexibility index (Phi) is 7.60. The van der Waals surface area contributed by atoms with Gasteiger partial charge in [0.1, 0.15) is 0 Å². The maximum atomic E-state index is 12.2. The summed E-state index contributed by atoms with van der Waals surface area (Å²) in [6.45, 7) is 4.23. The average molecular weight is 360 g/mol. The molecule has 1 aliphatic heterocycles. The minimum absolute atomic E-state index is 0.0362. The molecule has 1 aromatic rings. The van der Waals surface area contributed by atoms with Gasteiger partial charge in [-0.15, -0.1) is 11.8 Å². The Morgan fingerprint density at radius 1 is 1.08 bits per heavy atom. The summed E-state index contributed by atoms with van der Waals surface area (Å²) in [6.07, 6.45) is 8.88. The molecule has 0 aliphatic carbocycles. The van der Waals surface area contributed by atoms with Crippen LogP contribution in [0.4, 0.5) is 4.79 Å². The van der Waals surface area contributed by atoms with Crippen molar-refractivity contribution >= 4 is 29.8 Å². The molecule has 0 aromatic heterocycles. The smallest absolute Gasteiger partial charge is 0.409 e. The van der Waals surface area contributed by atoms with Crippen molar-refractivity contribution in [2.24, 2.45) is 0 Å². The number of thioether (sulfide) groups is 1. The largest absolute Gasteiger partial charge is 0.450 e. The number of piperazine rings is 1. The molecule has 1 heterocycles. The monoisotopic (exact) mass is 360 g/mol. The normalized spacial score (nSPS) is 15.1. The van der Waals surface area contributed by atoms with Gasteiger partial charge >= 0.3 is 6.09 Å². The van der Waals surface area contributed by atoms with Crippen LogP contribution in [-0.2, 0) is 9.53 Å². The summed E-state index contributed by atoms with van der Waals surface area (Å²) in [4.78, 5) is 28.4. The van der Waals surface area contributed by atoms with Crippen LogP contribution in [0.15, 0.2) is 47.4 Å². The highest BCUT2D eigenvalue weighted by Crippen LogP contribution is 2.15. The van der Waals surface area contributed by atoms with Gasteiger partial charge in [-0.25, -0.2) is 4.79 Å². The molecule has 0 bridgehead atoms. The summed E-state index contributed by atoms with van der Waals surface area (Å²) in [5.41, 5.74) is 1.10. The molecule has 1 aliphatic rings. The third-order valence-electron chi connectivity index (χ3n) is 3.87. The number of carbonyl (C=O) groups excluding carboxylic acids is 2. The lowest BCUT2D eigenvalue weighted by molar-refractivity contribution is -0.127. The molecule has 0 N–H and O–H groups in total. The number of ether oxygens (including phenoxy) is 1. The minimum Gasteiger partial charge on any atom is -0.450 e. The zero-order valence-corrected chi connectivity index (χ0v) is 15.5. The summed E-state index contributed by atoms with van der Waals surface area (Å²) in [7, 11) is 0. The van der Waals surface area contributed by atoms with Crippen LogP contribution in [0.3, 0.4) is 0 Å². The van der Waals surface area contributed by atoms with Crippen LogP contribution < -0.4 is 0 Å². The van der Waals surface area contributed by atoms with Crippen molar-refractivity contribution in [3.63, 3.8) is 0 Å². The van der Waals surface area contributed by atoms with E-state index in [1.807, 2.05) is 30.5 Å². The first-order chi connectivity index (χ1) is 12.1. The molecule has 2 rings (SSSR count). The number of amides is 2. The molecule has 0 spiro atoms. The Bertz CT molecular complexity index is 633. The predicted molar refractivity (Wildman–Crippen MR) is 102 cm³/mol. The van der Waals surface area contributed by atoms with E-state index in [9.17, 15) is 9.59 Å². The Morgan fingerprint density at radius 3 is 2.32 bits per heavy atom. The first-order valence-corrected chi connectivity index (χ1v) is 9.56. The van der Waals surface area contributed by atoms with E-state index in [1.165, 1.54) is 4.90 Å². The van der Waals surface area contributed by atoms with Crippen LogP contribution >= 0.6 is 11.8 Å². The molecule has 0 saturated carbocycles. The molecular weight excluding hydrogens is 336 g/mol. The summed E-state index contributed by atoms with van der Waals surface area (Å²) < 4.78 is 4.97. The molecule has 0 radical (unpaired) electrons. The van der Waals surface area contributed by atoms with E-state index in [0.29, 0.717) is 32.8 Å². The van der Waals surface area contributed by atoms with Gasteiger partial charge in [-0.05, 0) is 30.9 Å². The fraction of sp³-hybridized carbons (Fsp3) is 0.368. The molecular formula is C19H24N2O3S. The summed E-state index contributed by atoms with van der Waals surface area (Å²) in [5, 5.41) is 0. The molecule has 6 heteroatoms. The molecule has 0 atom stereocenters. The third-order valence-corrected chi connectivity index (χ3v) is 4.62. The second kappa shape index (κ2) is 9.93. The van der Waals surface area contributed by atoms with E-state index in [4.69, 9.17) is 4.74 Å². The minimum atomic E-state index is -0.305. The predicted octanol–water partition coefficient (Wildman–Crippen LogP) is 3.28. The first-order valence-electron chi connectivity index (χ1n) is 8.33. The van der Waals surface area contributed by atoms with Crippen LogP contribution in [0, 0.1) is 0 Å². The maximum absolute atomic E-state index is 12.2. The van der Waals surface area contributed by atoms with Crippen molar-refractivity contribution in [1.29, 1.82) is 0 Å². The van der Waals surface area contributed by atoms with E-state index in [0.717, 1.165) is 5.56 Å². The number of hydrogen-bond acceptors (Lipinski definition) is 4. The zero-order chi connectivity index (χ0) is 18.1. The fourth-order valence-electron chi connectivity index (χ4n) is 2.45. The van der Waals surface area contributed by atoms with E-state index in [2.05, 4.69) is 12.1 Å². The highest BCUT2D eigenvalue weighted by atomic mass is 32.2. The maximum Gasteiger partial charge on any atom is 0.409 e. The average Bonchev–Trinajstić information content (AvgIpc) is 2.66. The van der Waals surface area contributed by atoms with Gasteiger partial charge in [-0.1, -0.05) is 30.4 Å². The molecule has 0 unspecified atom stereocenters. The van der Waals surface area contributed by atoms with Crippen LogP contribution in [-0.4, -0.2) is 60.8 Å². The van der Waals surface area contributed by atoms with Gasteiger partial charge in [0.25, 0.3) is 0 Å². The van der Waals surface area contributed by atoms with Gasteiger partial charge in [-0.2, -0.15) is 0 Å². The van der Waals surface area contributed by atoms with E-state index >= 15 is 0 Å². The van der Waals surface area contributed by atoms with Gasteiger partial charge in [-0.3, -0.25) is 4.79 Å². The first kappa shape index (κ1) is 19.1. The van der Waals surface area contributed by atoms with Crippen molar-refractivity contribution < 1.29 is 14.3 Å². The molecule has 1 aromatic carbocycles. The molecule has 5 nitrogen and oxygen atoms in total. The Balaban J connectivity index is 1.78. The van der Waals surface area contributed by atoms with Gasteiger partial charge in [0.2, 0.25) is 5.91 Å². The van der Waals surface area contributed by atoms with Crippen molar-refractivity contribution in [1.82, 2.24) is 9.80 Å². The lowest BCUT2D eigenvalue weighted by Gasteiger charge is -2.33. The van der Waals surface area contributed by atoms with E-state index in [-0.39, 0.29) is 12.0 Å². The van der Waals surface area contributed by atoms with Gasteiger partial charge in [0.15, 0.2) is 0 Å². The topological polar surface area (TPSA) is 49.9 Å². The van der Waals surface area contributed by atoms with Crippen LogP contribution in [0.25, 0.3) is 6.08 Å². The van der Waals surface area contributed by atoms with Crippen molar-refractivity contribution in [2.45, 2.75) is 11.8 Å². The van der Waals surface area contributed by atoms with Gasteiger partial charge < -0.3 is 14.5 Å². The summed E-state index contributed by atoms with van der Waals surface area (Å²) >= 11 is 1.71. The fourth-order valence-corrected chi connectivity index (χ4v) is 2.86. The third kappa shape index (κ3) is 5.98. The molecule has 1 saturated heterocycles. The molecule has 1 fully saturated rings. The van der Waals surface area contributed by atoms with E-state index < -0.39 is 0 Å². The second-order valence-corrected chi connectivity index (χ2v) is 6.38. The second-order valence-electron chi connectivity index (χ2n) is 5.50. The summed E-state index contributed by atoms with van der Waals surface area (Å²) in [5.74, 6) is -0.0362.